The Morgan fingerprint density at radius 2 is 1.41 bits per heavy atom. The van der Waals surface area contributed by atoms with Gasteiger partial charge in [0.2, 0.25) is 11.9 Å². The summed E-state index contributed by atoms with van der Waals surface area (Å²) in [5.41, 5.74) is 4.25. The maximum absolute atomic E-state index is 13.5. The fourth-order valence-corrected chi connectivity index (χ4v) is 4.92. The summed E-state index contributed by atoms with van der Waals surface area (Å²) in [6.07, 6.45) is -2.71. The van der Waals surface area contributed by atoms with E-state index in [0.717, 1.165) is 30.3 Å². The van der Waals surface area contributed by atoms with Crippen molar-refractivity contribution in [2.45, 2.75) is 9.79 Å². The molecule has 3 N–H and O–H groups in total. The van der Waals surface area contributed by atoms with E-state index in [1.165, 1.54) is 24.3 Å². The first-order chi connectivity index (χ1) is 22.8. The topological polar surface area (TPSA) is 219 Å². The molecule has 0 aliphatic carbocycles. The summed E-state index contributed by atoms with van der Waals surface area (Å²) in [5.74, 6) is -3.47. The minimum absolute atomic E-state index is 0. The van der Waals surface area contributed by atoms with Gasteiger partial charge in [0.15, 0.2) is 5.75 Å². The molecule has 0 bridgehead atoms. The smallest absolute Gasteiger partial charge is 0 e. The van der Waals surface area contributed by atoms with E-state index >= 15 is 0 Å². The van der Waals surface area contributed by atoms with Gasteiger partial charge < -0.3 is 25.6 Å². The number of hydrogen-bond acceptors (Lipinski definition) is 16. The minimum Gasteiger partial charge on any atom is 0 e. The SMILES string of the molecule is O=S(=O)([O-])c1ccc(Nc2cc(F)nc(F)n2)cc1N=Nc1c(SOO[O-])cc2cc(Nc3cc(F)nc(F)n3)ccc2c1O.[B][IH]I.[Na+].[Na+].[U]. The summed E-state index contributed by atoms with van der Waals surface area (Å²) < 4.78 is 93.8. The standard InChI is InChI=1S/C24H14F4N8O7S2.BHI2.2Na.U/c25-17-8-19(33-23(27)31-17)29-11-1-3-13-10(5-11)6-15(44-43-42-38)21(22(13)37)36-35-14-7-12(2-4-16(14)45(39,40)41)30-20-9-18(26)32-24(28)34-20;1-3-2;;;/h1-9,37-38H,(H,29,31,33)(H,30,32,34)(H,39,40,41);3H;;;/q;;2*+1;/p-2. The zero-order valence-electron chi connectivity index (χ0n) is 25.5. The van der Waals surface area contributed by atoms with E-state index in [1.807, 2.05) is 0 Å². The van der Waals surface area contributed by atoms with Crippen LogP contribution in [0.4, 0.5) is 51.9 Å². The fourth-order valence-electron chi connectivity index (χ4n) is 3.83. The van der Waals surface area contributed by atoms with Crippen LogP contribution in [0.15, 0.2) is 74.6 Å². The number of phenols is 1. The molecule has 15 nitrogen and oxygen atoms in total. The van der Waals surface area contributed by atoms with Crippen LogP contribution in [-0.4, -0.2) is 43.7 Å². The average molecular weight is 1210 g/mol. The number of nitrogens with zero attached hydrogens (tertiary/aromatic N) is 6. The summed E-state index contributed by atoms with van der Waals surface area (Å²) in [6.45, 7) is 0. The Morgan fingerprint density at radius 3 is 1.92 bits per heavy atom. The minimum atomic E-state index is -5.14. The van der Waals surface area contributed by atoms with Crippen LogP contribution in [0, 0.1) is 55.2 Å². The van der Waals surface area contributed by atoms with E-state index < -0.39 is 50.5 Å². The summed E-state index contributed by atoms with van der Waals surface area (Å²) in [6, 6.07) is 10.0. The van der Waals surface area contributed by atoms with Crippen LogP contribution in [0.5, 0.6) is 5.75 Å². The Balaban J connectivity index is 0.00000209. The number of aromatic hydroxyl groups is 1. The van der Waals surface area contributed by atoms with Crippen LogP contribution in [0.1, 0.15) is 0 Å². The molecule has 3 aromatic carbocycles. The molecule has 5 aromatic rings. The molecule has 2 heterocycles. The van der Waals surface area contributed by atoms with Crippen LogP contribution >= 0.6 is 47.7 Å². The Hall–Kier alpha value is -0.483. The number of rotatable bonds is 10. The van der Waals surface area contributed by atoms with Crippen molar-refractivity contribution in [3.05, 3.63) is 78.6 Å². The summed E-state index contributed by atoms with van der Waals surface area (Å²) >= 11 is 2.41. The molecule has 2 radical (unpaired) electrons. The third-order valence-corrected chi connectivity index (χ3v) is 7.07. The molecule has 0 amide bonds. The first-order valence-electron chi connectivity index (χ1n) is 12.2. The molecule has 0 aliphatic rings. The van der Waals surface area contributed by atoms with Crippen molar-refractivity contribution in [2.75, 3.05) is 10.6 Å². The summed E-state index contributed by atoms with van der Waals surface area (Å²) in [4.78, 5) is 11.6. The zero-order valence-corrected chi connectivity index (χ0v) is 39.8. The van der Waals surface area contributed by atoms with Gasteiger partial charge in [0.1, 0.15) is 33.1 Å². The second-order valence-corrected chi connectivity index (χ2v) is 14.6. The van der Waals surface area contributed by atoms with Gasteiger partial charge in [-0.1, -0.05) is 0 Å². The number of anilines is 4. The molecule has 0 saturated heterocycles. The number of azo groups is 1. The number of nitrogens with one attached hydrogen (secondary N) is 2. The largest absolute Gasteiger partial charge is 1.00 e. The van der Waals surface area contributed by atoms with Gasteiger partial charge in [0.05, 0.1) is 21.8 Å². The molecule has 5 rings (SSSR count). The van der Waals surface area contributed by atoms with Crippen LogP contribution in [0.3, 0.4) is 0 Å². The normalized spacial score (nSPS) is 10.8. The van der Waals surface area contributed by atoms with Gasteiger partial charge in [-0.05, 0) is 47.9 Å². The zero-order chi connectivity index (χ0) is 35.0. The molecule has 0 atom stereocenters. The van der Waals surface area contributed by atoms with E-state index in [9.17, 15) is 40.9 Å². The molecule has 0 aliphatic heterocycles. The molecule has 0 saturated carbocycles. The number of benzene rings is 3. The first kappa shape index (κ1) is 48.5. The van der Waals surface area contributed by atoms with Crippen molar-refractivity contribution >= 4 is 109 Å². The van der Waals surface area contributed by atoms with Crippen molar-refractivity contribution in [1.29, 1.82) is 0 Å². The molecule has 27 heteroatoms. The summed E-state index contributed by atoms with van der Waals surface area (Å²) in [7, 11) is -5.14. The van der Waals surface area contributed by atoms with Crippen molar-refractivity contribution in [1.82, 2.24) is 19.9 Å². The van der Waals surface area contributed by atoms with Gasteiger partial charge in [0.25, 0.3) is 0 Å². The third-order valence-electron chi connectivity index (χ3n) is 5.57. The van der Waals surface area contributed by atoms with Crippen molar-refractivity contribution in [3.63, 3.8) is 0 Å². The van der Waals surface area contributed by atoms with Gasteiger partial charge >= 0.3 is 113 Å². The quantitative estimate of drug-likeness (QED) is 0.0159. The number of phenolic OH excluding ortho intramolecular Hbond substituents is 1. The average Bonchev–Trinajstić information content (AvgIpc) is 2.98. The second-order valence-electron chi connectivity index (χ2n) is 8.59. The predicted molar refractivity (Wildman–Crippen MR) is 178 cm³/mol. The van der Waals surface area contributed by atoms with Crippen molar-refractivity contribution in [2.24, 2.45) is 10.2 Å². The Morgan fingerprint density at radius 1 is 0.882 bits per heavy atom. The molecule has 0 spiro atoms. The second kappa shape index (κ2) is 22.8. The number of aromatic nitrogens is 4. The van der Waals surface area contributed by atoms with E-state index in [4.69, 9.17) is 5.70 Å². The monoisotopic (exact) mass is 1210 g/mol. The molecule has 0 fully saturated rings. The van der Waals surface area contributed by atoms with Gasteiger partial charge in [-0.25, -0.2) is 8.42 Å². The molecule has 2 aromatic heterocycles. The number of hydrogen-bond donors (Lipinski definition) is 3. The van der Waals surface area contributed by atoms with Gasteiger partial charge in [0, 0.05) is 60.0 Å². The van der Waals surface area contributed by atoms with E-state index in [1.54, 1.807) is 0 Å². The van der Waals surface area contributed by atoms with Gasteiger partial charge in [-0.3, -0.25) is 5.04 Å². The maximum Gasteiger partial charge on any atom is 1.00 e. The Bertz CT molecular complexity index is 2090. The third kappa shape index (κ3) is 14.3. The molecule has 0 unspecified atom stereocenters. The van der Waals surface area contributed by atoms with Crippen LogP contribution in [0.25, 0.3) is 10.8 Å². The first-order valence-corrected chi connectivity index (χ1v) is 22.5. The van der Waals surface area contributed by atoms with E-state index in [0.29, 0.717) is 0 Å². The number of halogens is 6. The maximum atomic E-state index is 13.5. The van der Waals surface area contributed by atoms with E-state index in [2.05, 4.69) is 68.8 Å². The number of fused-ring (bicyclic) bond motifs is 1. The van der Waals surface area contributed by atoms with Gasteiger partial charge in [-0.2, -0.15) is 41.8 Å². The molecule has 51 heavy (non-hydrogen) atoms. The fraction of sp³-hybridized carbons (Fsp3) is 0. The van der Waals surface area contributed by atoms with Crippen LogP contribution in [-0.2, 0) is 19.5 Å². The van der Waals surface area contributed by atoms with Gasteiger partial charge in [-0.15, -0.1) is 10.2 Å². The van der Waals surface area contributed by atoms with Crippen molar-refractivity contribution in [3.8, 4) is 5.75 Å². The Kier molecular flexibility index (Phi) is 21.7. The molecule has 254 valence electrons. The van der Waals surface area contributed by atoms with Crippen LogP contribution in [0.2, 0.25) is 0 Å². The van der Waals surface area contributed by atoms with E-state index in [-0.39, 0.29) is 164 Å². The summed E-state index contributed by atoms with van der Waals surface area (Å²) in [5, 5.41) is 38.1. The van der Waals surface area contributed by atoms with Crippen LogP contribution < -0.4 is 75.0 Å². The molecular weight excluding hydrogens is 1200 g/mol. The molecular formula is C24H13BF4I2N8Na2O7S2U. The predicted octanol–water partition coefficient (Wildman–Crippen LogP) is -0.150. The van der Waals surface area contributed by atoms with Crippen molar-refractivity contribution < 1.29 is 140 Å². The Labute approximate surface area is 378 Å².